The molecule has 106 valence electrons. The van der Waals surface area contributed by atoms with E-state index in [1.807, 2.05) is 19.9 Å². The molecule has 0 saturated heterocycles. The molecule has 0 aliphatic carbocycles. The lowest BCUT2D eigenvalue weighted by atomic mass is 10.1. The van der Waals surface area contributed by atoms with E-state index in [1.54, 1.807) is 24.3 Å². The Kier molecular flexibility index (Phi) is 5.82. The van der Waals surface area contributed by atoms with Crippen molar-refractivity contribution in [2.75, 3.05) is 17.0 Å². The van der Waals surface area contributed by atoms with Crippen LogP contribution in [0.5, 0.6) is 0 Å². The number of nitrogens with one attached hydrogen (secondary N) is 2. The molecule has 6 heteroatoms. The summed E-state index contributed by atoms with van der Waals surface area (Å²) in [7, 11) is -3.42. The third-order valence-corrected chi connectivity index (χ3v) is 3.62. The smallest absolute Gasteiger partial charge is 0.234 e. The molecule has 1 amide bonds. The Hall–Kier alpha value is -1.56. The molecule has 0 unspecified atom stereocenters. The van der Waals surface area contributed by atoms with Gasteiger partial charge in [-0.3, -0.25) is 9.52 Å². The predicted molar refractivity (Wildman–Crippen MR) is 76.3 cm³/mol. The van der Waals surface area contributed by atoms with Crippen molar-refractivity contribution in [3.63, 3.8) is 0 Å². The predicted octanol–water partition coefficient (Wildman–Crippen LogP) is 1.59. The second-order valence-electron chi connectivity index (χ2n) is 4.73. The zero-order valence-corrected chi connectivity index (χ0v) is 12.0. The Bertz CT molecular complexity index is 498. The summed E-state index contributed by atoms with van der Waals surface area (Å²) >= 11 is 0. The van der Waals surface area contributed by atoms with Gasteiger partial charge in [0.15, 0.2) is 0 Å². The lowest BCUT2D eigenvalue weighted by Crippen LogP contribution is -2.31. The van der Waals surface area contributed by atoms with Gasteiger partial charge in [-0.1, -0.05) is 32.0 Å². The SMILES string of the molecule is CC(C)CC(=O)NCCS(=O)(=O)Nc1ccccc1. The highest BCUT2D eigenvalue weighted by atomic mass is 32.2. The third-order valence-electron chi connectivity index (χ3n) is 2.33. The van der Waals surface area contributed by atoms with Gasteiger partial charge in [0.1, 0.15) is 0 Å². The summed E-state index contributed by atoms with van der Waals surface area (Å²) in [4.78, 5) is 11.4. The highest BCUT2D eigenvalue weighted by Gasteiger charge is 2.11. The lowest BCUT2D eigenvalue weighted by molar-refractivity contribution is -0.121. The van der Waals surface area contributed by atoms with Crippen molar-refractivity contribution in [1.82, 2.24) is 5.32 Å². The molecule has 0 aromatic heterocycles. The number of rotatable bonds is 7. The van der Waals surface area contributed by atoms with Crippen molar-refractivity contribution in [2.45, 2.75) is 20.3 Å². The van der Waals surface area contributed by atoms with Crippen LogP contribution in [0.3, 0.4) is 0 Å². The second kappa shape index (κ2) is 7.13. The number of carbonyl (C=O) groups excluding carboxylic acids is 1. The molecule has 1 rings (SSSR count). The minimum Gasteiger partial charge on any atom is -0.355 e. The van der Waals surface area contributed by atoms with E-state index in [0.29, 0.717) is 12.1 Å². The summed E-state index contributed by atoms with van der Waals surface area (Å²) in [5, 5.41) is 2.60. The Morgan fingerprint density at radius 3 is 2.42 bits per heavy atom. The van der Waals surface area contributed by atoms with Gasteiger partial charge < -0.3 is 5.32 Å². The van der Waals surface area contributed by atoms with E-state index in [-0.39, 0.29) is 24.1 Å². The monoisotopic (exact) mass is 284 g/mol. The summed E-state index contributed by atoms with van der Waals surface area (Å²) in [5.41, 5.74) is 0.524. The summed E-state index contributed by atoms with van der Waals surface area (Å²) in [6.07, 6.45) is 0.409. The van der Waals surface area contributed by atoms with Crippen LogP contribution in [0.2, 0.25) is 0 Å². The summed E-state index contributed by atoms with van der Waals surface area (Å²) < 4.78 is 25.9. The largest absolute Gasteiger partial charge is 0.355 e. The first-order valence-electron chi connectivity index (χ1n) is 6.21. The molecule has 0 radical (unpaired) electrons. The molecule has 1 aromatic rings. The van der Waals surface area contributed by atoms with E-state index in [9.17, 15) is 13.2 Å². The molecule has 19 heavy (non-hydrogen) atoms. The number of benzene rings is 1. The van der Waals surface area contributed by atoms with Crippen LogP contribution in [0.4, 0.5) is 5.69 Å². The van der Waals surface area contributed by atoms with Gasteiger partial charge in [-0.15, -0.1) is 0 Å². The highest BCUT2D eigenvalue weighted by Crippen LogP contribution is 2.07. The Morgan fingerprint density at radius 1 is 1.21 bits per heavy atom. The van der Waals surface area contributed by atoms with Gasteiger partial charge in [0.2, 0.25) is 15.9 Å². The molecule has 0 aliphatic rings. The zero-order chi connectivity index (χ0) is 14.3. The number of sulfonamides is 1. The molecule has 1 aromatic carbocycles. The summed E-state index contributed by atoms with van der Waals surface area (Å²) in [5.74, 6) is 0.00935. The Morgan fingerprint density at radius 2 is 1.84 bits per heavy atom. The summed E-state index contributed by atoms with van der Waals surface area (Å²) in [6, 6.07) is 8.66. The van der Waals surface area contributed by atoms with Crippen LogP contribution in [0, 0.1) is 5.92 Å². The van der Waals surface area contributed by atoms with Crippen LogP contribution in [-0.2, 0) is 14.8 Å². The van der Waals surface area contributed by atoms with Crippen molar-refractivity contribution in [2.24, 2.45) is 5.92 Å². The van der Waals surface area contributed by atoms with Gasteiger partial charge >= 0.3 is 0 Å². The van der Waals surface area contributed by atoms with Gasteiger partial charge in [0.05, 0.1) is 5.75 Å². The summed E-state index contributed by atoms with van der Waals surface area (Å²) in [6.45, 7) is 3.99. The first kappa shape index (κ1) is 15.5. The van der Waals surface area contributed by atoms with Crippen molar-refractivity contribution in [3.05, 3.63) is 30.3 Å². The number of anilines is 1. The van der Waals surface area contributed by atoms with E-state index < -0.39 is 10.0 Å². The van der Waals surface area contributed by atoms with Gasteiger partial charge in [0, 0.05) is 18.7 Å². The average Bonchev–Trinajstić information content (AvgIpc) is 2.28. The molecule has 0 heterocycles. The van der Waals surface area contributed by atoms with Crippen LogP contribution < -0.4 is 10.0 Å². The minimum absolute atomic E-state index is 0.119. The fourth-order valence-electron chi connectivity index (χ4n) is 1.50. The van der Waals surface area contributed by atoms with E-state index in [1.165, 1.54) is 0 Å². The third kappa shape index (κ3) is 6.81. The van der Waals surface area contributed by atoms with Crippen LogP contribution in [0.1, 0.15) is 20.3 Å². The molecule has 0 spiro atoms. The number of amides is 1. The van der Waals surface area contributed by atoms with Gasteiger partial charge in [-0.2, -0.15) is 0 Å². The topological polar surface area (TPSA) is 75.3 Å². The average molecular weight is 284 g/mol. The molecule has 2 N–H and O–H groups in total. The van der Waals surface area contributed by atoms with Crippen LogP contribution >= 0.6 is 0 Å². The van der Waals surface area contributed by atoms with E-state index in [0.717, 1.165) is 0 Å². The van der Waals surface area contributed by atoms with E-state index in [4.69, 9.17) is 0 Å². The van der Waals surface area contributed by atoms with Crippen molar-refractivity contribution < 1.29 is 13.2 Å². The fourth-order valence-corrected chi connectivity index (χ4v) is 2.47. The van der Waals surface area contributed by atoms with Crippen molar-refractivity contribution in [1.29, 1.82) is 0 Å². The fraction of sp³-hybridized carbons (Fsp3) is 0.462. The van der Waals surface area contributed by atoms with Crippen LogP contribution in [0.15, 0.2) is 30.3 Å². The highest BCUT2D eigenvalue weighted by molar-refractivity contribution is 7.92. The van der Waals surface area contributed by atoms with Gasteiger partial charge in [0.25, 0.3) is 0 Å². The molecular weight excluding hydrogens is 264 g/mol. The second-order valence-corrected chi connectivity index (χ2v) is 6.58. The number of para-hydroxylation sites is 1. The molecular formula is C13H20N2O3S. The molecule has 0 bridgehead atoms. The number of carbonyl (C=O) groups is 1. The quantitative estimate of drug-likeness (QED) is 0.798. The lowest BCUT2D eigenvalue weighted by Gasteiger charge is -2.09. The van der Waals surface area contributed by atoms with Crippen molar-refractivity contribution in [3.8, 4) is 0 Å². The normalized spacial score (nSPS) is 11.3. The van der Waals surface area contributed by atoms with E-state index >= 15 is 0 Å². The van der Waals surface area contributed by atoms with Gasteiger partial charge in [-0.25, -0.2) is 8.42 Å². The maximum Gasteiger partial charge on any atom is 0.234 e. The van der Waals surface area contributed by atoms with E-state index in [2.05, 4.69) is 10.0 Å². The zero-order valence-electron chi connectivity index (χ0n) is 11.2. The maximum absolute atomic E-state index is 11.7. The molecule has 0 saturated carbocycles. The molecule has 5 nitrogen and oxygen atoms in total. The van der Waals surface area contributed by atoms with Crippen LogP contribution in [-0.4, -0.2) is 26.6 Å². The first-order chi connectivity index (χ1) is 8.89. The Labute approximate surface area is 114 Å². The maximum atomic E-state index is 11.7. The number of hydrogen-bond donors (Lipinski definition) is 2. The molecule has 0 aliphatic heterocycles. The van der Waals surface area contributed by atoms with Gasteiger partial charge in [-0.05, 0) is 18.1 Å². The van der Waals surface area contributed by atoms with Crippen LogP contribution in [0.25, 0.3) is 0 Å². The minimum atomic E-state index is -3.42. The Balaban J connectivity index is 2.38. The van der Waals surface area contributed by atoms with Crippen molar-refractivity contribution >= 4 is 21.6 Å². The number of hydrogen-bond acceptors (Lipinski definition) is 3. The molecule has 0 atom stereocenters. The standard InChI is InChI=1S/C13H20N2O3S/c1-11(2)10-13(16)14-8-9-19(17,18)15-12-6-4-3-5-7-12/h3-7,11,15H,8-10H2,1-2H3,(H,14,16). The first-order valence-corrected chi connectivity index (χ1v) is 7.86. The molecule has 0 fully saturated rings.